The molecule has 4 rings (SSSR count). The summed E-state index contributed by atoms with van der Waals surface area (Å²) in [4.78, 5) is 28.0. The van der Waals surface area contributed by atoms with Gasteiger partial charge < -0.3 is 10.2 Å². The van der Waals surface area contributed by atoms with Crippen molar-refractivity contribution in [2.75, 3.05) is 18.4 Å². The molecule has 0 aromatic heterocycles. The van der Waals surface area contributed by atoms with Crippen molar-refractivity contribution in [1.29, 1.82) is 0 Å². The van der Waals surface area contributed by atoms with E-state index in [-0.39, 0.29) is 11.8 Å². The minimum absolute atomic E-state index is 0.0262. The molecule has 1 N–H and O–H groups in total. The van der Waals surface area contributed by atoms with Crippen LogP contribution in [0, 0.1) is 11.3 Å². The van der Waals surface area contributed by atoms with Crippen molar-refractivity contribution >= 4 is 17.5 Å². The molecule has 4 nitrogen and oxygen atoms in total. The first-order valence-corrected chi connectivity index (χ1v) is 10.8. The molecule has 1 saturated carbocycles. The number of carbonyl (C=O) groups is 2. The van der Waals surface area contributed by atoms with Gasteiger partial charge in [0.2, 0.25) is 11.8 Å². The average Bonchev–Trinajstić information content (AvgIpc) is 3.57. The summed E-state index contributed by atoms with van der Waals surface area (Å²) in [7, 11) is 0. The molecule has 1 heterocycles. The predicted molar refractivity (Wildman–Crippen MR) is 116 cm³/mol. The van der Waals surface area contributed by atoms with Gasteiger partial charge in [0, 0.05) is 18.8 Å². The molecule has 1 aliphatic heterocycles. The van der Waals surface area contributed by atoms with E-state index in [4.69, 9.17) is 0 Å². The van der Waals surface area contributed by atoms with Crippen molar-refractivity contribution in [2.24, 2.45) is 11.3 Å². The number of benzene rings is 2. The minimum atomic E-state index is -0.838. The highest BCUT2D eigenvalue weighted by molar-refractivity contribution is 6.13. The number of hydrogen-bond donors (Lipinski definition) is 1. The second-order valence-corrected chi connectivity index (χ2v) is 8.51. The largest absolute Gasteiger partial charge is 0.342 e. The molecule has 2 aliphatic rings. The first kappa shape index (κ1) is 19.7. The average molecular weight is 391 g/mol. The van der Waals surface area contributed by atoms with Gasteiger partial charge in [-0.2, -0.15) is 0 Å². The Kier molecular flexibility index (Phi) is 5.70. The zero-order valence-electron chi connectivity index (χ0n) is 17.2. The molecule has 2 aromatic carbocycles. The molecular formula is C25H30N2O2. The molecule has 152 valence electrons. The lowest BCUT2D eigenvalue weighted by molar-refractivity contribution is -0.143. The molecular weight excluding hydrogens is 360 g/mol. The van der Waals surface area contributed by atoms with Gasteiger partial charge in [-0.25, -0.2) is 0 Å². The van der Waals surface area contributed by atoms with Crippen molar-refractivity contribution < 1.29 is 9.59 Å². The Balaban J connectivity index is 1.32. The fourth-order valence-electron chi connectivity index (χ4n) is 4.33. The molecule has 1 aliphatic carbocycles. The highest BCUT2D eigenvalue weighted by Gasteiger charge is 2.58. The van der Waals surface area contributed by atoms with Gasteiger partial charge in [0.25, 0.3) is 0 Å². The maximum atomic E-state index is 13.1. The summed E-state index contributed by atoms with van der Waals surface area (Å²) in [5, 5.41) is 2.97. The number of nitrogens with one attached hydrogen (secondary N) is 1. The lowest BCUT2D eigenvalue weighted by Crippen LogP contribution is -2.46. The van der Waals surface area contributed by atoms with Crippen LogP contribution in [-0.4, -0.2) is 29.8 Å². The summed E-state index contributed by atoms with van der Waals surface area (Å²) in [6, 6.07) is 18.4. The van der Waals surface area contributed by atoms with E-state index >= 15 is 0 Å². The van der Waals surface area contributed by atoms with Crippen LogP contribution in [0.1, 0.15) is 43.7 Å². The van der Waals surface area contributed by atoms with Crippen molar-refractivity contribution in [2.45, 2.75) is 45.4 Å². The summed E-state index contributed by atoms with van der Waals surface area (Å²) in [6.45, 7) is 3.63. The van der Waals surface area contributed by atoms with E-state index in [0.717, 1.165) is 44.5 Å². The van der Waals surface area contributed by atoms with Crippen LogP contribution >= 0.6 is 0 Å². The first-order valence-electron chi connectivity index (χ1n) is 10.8. The van der Waals surface area contributed by atoms with Gasteiger partial charge in [0.1, 0.15) is 5.41 Å². The fraction of sp³-hybridized carbons (Fsp3) is 0.440. The van der Waals surface area contributed by atoms with E-state index in [0.29, 0.717) is 18.8 Å². The van der Waals surface area contributed by atoms with Crippen molar-refractivity contribution in [1.82, 2.24) is 4.90 Å². The van der Waals surface area contributed by atoms with Crippen LogP contribution in [0.4, 0.5) is 5.69 Å². The molecule has 29 heavy (non-hydrogen) atoms. The van der Waals surface area contributed by atoms with Gasteiger partial charge in [-0.05, 0) is 67.7 Å². The highest BCUT2D eigenvalue weighted by Crippen LogP contribution is 2.48. The number of amides is 2. The third-order valence-corrected chi connectivity index (χ3v) is 6.48. The molecule has 0 bridgehead atoms. The van der Waals surface area contributed by atoms with Crippen molar-refractivity contribution in [3.8, 4) is 0 Å². The summed E-state index contributed by atoms with van der Waals surface area (Å²) in [5.41, 5.74) is 2.53. The van der Waals surface area contributed by atoms with Crippen molar-refractivity contribution in [3.05, 3.63) is 65.7 Å². The topological polar surface area (TPSA) is 49.4 Å². The minimum Gasteiger partial charge on any atom is -0.342 e. The van der Waals surface area contributed by atoms with Gasteiger partial charge in [0.15, 0.2) is 0 Å². The van der Waals surface area contributed by atoms with Crippen LogP contribution in [0.2, 0.25) is 0 Å². The van der Waals surface area contributed by atoms with E-state index in [1.807, 2.05) is 35.2 Å². The molecule has 0 atom stereocenters. The summed E-state index contributed by atoms with van der Waals surface area (Å²) >= 11 is 0. The molecule has 0 radical (unpaired) electrons. The Bertz CT molecular complexity index is 848. The zero-order chi connectivity index (χ0) is 20.3. The molecule has 4 heteroatoms. The third kappa shape index (κ3) is 4.36. The van der Waals surface area contributed by atoms with Gasteiger partial charge in [-0.15, -0.1) is 0 Å². The fourth-order valence-corrected chi connectivity index (χ4v) is 4.33. The summed E-state index contributed by atoms with van der Waals surface area (Å²) in [5.74, 6) is 0.499. The Morgan fingerprint density at radius 2 is 1.62 bits per heavy atom. The molecule has 0 unspecified atom stereocenters. The van der Waals surface area contributed by atoms with E-state index < -0.39 is 5.41 Å². The lowest BCUT2D eigenvalue weighted by atomic mass is 9.89. The molecule has 1 saturated heterocycles. The maximum Gasteiger partial charge on any atom is 0.240 e. The van der Waals surface area contributed by atoms with E-state index in [9.17, 15) is 9.59 Å². The SMILES string of the molecule is CCc1ccc(NC(=O)C2(C(=O)N3CCC(Cc4ccccc4)CC3)CC2)cc1. The smallest absolute Gasteiger partial charge is 0.240 e. The lowest BCUT2D eigenvalue weighted by Gasteiger charge is -2.34. The van der Waals surface area contributed by atoms with Crippen LogP contribution < -0.4 is 5.32 Å². The highest BCUT2D eigenvalue weighted by atomic mass is 16.2. The summed E-state index contributed by atoms with van der Waals surface area (Å²) < 4.78 is 0. The third-order valence-electron chi connectivity index (χ3n) is 6.48. The standard InChI is InChI=1S/C25H30N2O2/c1-2-19-8-10-22(11-9-19)26-23(28)25(14-15-25)24(29)27-16-12-21(13-17-27)18-20-6-4-3-5-7-20/h3-11,21H,2,12-18H2,1H3,(H,26,28). The number of hydrogen-bond acceptors (Lipinski definition) is 2. The quantitative estimate of drug-likeness (QED) is 0.741. The molecule has 2 aromatic rings. The van der Waals surface area contributed by atoms with Gasteiger partial charge in [0.05, 0.1) is 0 Å². The van der Waals surface area contributed by atoms with Crippen LogP contribution in [-0.2, 0) is 22.4 Å². The second-order valence-electron chi connectivity index (χ2n) is 8.51. The molecule has 0 spiro atoms. The number of nitrogens with zero attached hydrogens (tertiary/aromatic N) is 1. The maximum absolute atomic E-state index is 13.1. The monoisotopic (exact) mass is 390 g/mol. The van der Waals surface area contributed by atoms with Crippen LogP contribution in [0.5, 0.6) is 0 Å². The number of aryl methyl sites for hydroxylation is 1. The number of piperidine rings is 1. The molecule has 2 fully saturated rings. The normalized spacial score (nSPS) is 18.3. The summed E-state index contributed by atoms with van der Waals surface area (Å²) in [6.07, 6.45) is 5.38. The Morgan fingerprint density at radius 3 is 2.21 bits per heavy atom. The van der Waals surface area contributed by atoms with Crippen LogP contribution in [0.3, 0.4) is 0 Å². The Labute approximate surface area is 173 Å². The number of rotatable bonds is 6. The van der Waals surface area contributed by atoms with Crippen LogP contribution in [0.25, 0.3) is 0 Å². The van der Waals surface area contributed by atoms with Crippen LogP contribution in [0.15, 0.2) is 54.6 Å². The van der Waals surface area contributed by atoms with E-state index in [1.165, 1.54) is 11.1 Å². The van der Waals surface area contributed by atoms with Crippen molar-refractivity contribution in [3.63, 3.8) is 0 Å². The number of carbonyl (C=O) groups excluding carboxylic acids is 2. The van der Waals surface area contributed by atoms with E-state index in [1.54, 1.807) is 0 Å². The molecule has 2 amide bonds. The van der Waals surface area contributed by atoms with Gasteiger partial charge in [-0.1, -0.05) is 49.4 Å². The first-order chi connectivity index (χ1) is 14.1. The second kappa shape index (κ2) is 8.40. The number of anilines is 1. The van der Waals surface area contributed by atoms with E-state index in [2.05, 4.69) is 36.5 Å². The Hall–Kier alpha value is -2.62. The number of likely N-dealkylation sites (tertiary alicyclic amines) is 1. The zero-order valence-corrected chi connectivity index (χ0v) is 17.2. The predicted octanol–water partition coefficient (Wildman–Crippen LogP) is 4.45. The van der Waals surface area contributed by atoms with Gasteiger partial charge in [-0.3, -0.25) is 9.59 Å². The van der Waals surface area contributed by atoms with Gasteiger partial charge >= 0.3 is 0 Å². The Morgan fingerprint density at radius 1 is 0.966 bits per heavy atom.